The molecule has 0 saturated heterocycles. The first-order valence-corrected chi connectivity index (χ1v) is 23.8. The van der Waals surface area contributed by atoms with Gasteiger partial charge in [0, 0.05) is 37.2 Å². The Kier molecular flexibility index (Phi) is 25.9. The Balaban J connectivity index is 2.45. The molecule has 0 radical (unpaired) electrons. The molecular weight excluding hydrogens is 968 g/mol. The number of nitrogens with zero attached hydrogens (tertiary/aromatic N) is 4. The third-order valence-corrected chi connectivity index (χ3v) is 12.8. The van der Waals surface area contributed by atoms with Crippen molar-refractivity contribution in [2.75, 3.05) is 35.0 Å². The van der Waals surface area contributed by atoms with E-state index in [-0.39, 0.29) is 71.8 Å². The fourth-order valence-corrected chi connectivity index (χ4v) is 8.87. The summed E-state index contributed by atoms with van der Waals surface area (Å²) in [5.74, 6) is -9.62. The first kappa shape index (κ1) is 55.6. The van der Waals surface area contributed by atoms with E-state index in [9.17, 15) is 43.2 Å². The van der Waals surface area contributed by atoms with Crippen LogP contribution in [0.2, 0.25) is 0 Å². The van der Waals surface area contributed by atoms with Crippen LogP contribution in [0.5, 0.6) is 0 Å². The molecule has 2 aromatic rings. The molecule has 0 aliphatic rings. The van der Waals surface area contributed by atoms with Crippen molar-refractivity contribution in [1.82, 2.24) is 41.2 Å². The molecule has 0 fully saturated rings. The smallest absolute Gasteiger partial charge is 0.322 e. The Bertz CT molecular complexity index is 1800. The van der Waals surface area contributed by atoms with Crippen molar-refractivity contribution < 1.29 is 63.6 Å². The molecule has 0 saturated carbocycles. The molecule has 352 valence electrons. The predicted octanol–water partition coefficient (Wildman–Crippen LogP) is 0.197. The van der Waals surface area contributed by atoms with Crippen molar-refractivity contribution in [2.24, 2.45) is 11.5 Å². The summed E-state index contributed by atoms with van der Waals surface area (Å²) in [6, 6.07) is -5.48. The summed E-state index contributed by atoms with van der Waals surface area (Å²) in [6.45, 7) is -1.57. The van der Waals surface area contributed by atoms with Gasteiger partial charge in [-0.3, -0.25) is 53.1 Å². The number of hydrogen-bond donors (Lipinski definition) is 10. The van der Waals surface area contributed by atoms with Gasteiger partial charge in [-0.05, 0) is 12.8 Å². The molecule has 23 nitrogen and oxygen atoms in total. The minimum absolute atomic E-state index is 0.160. The molecule has 12 N–H and O–H groups in total. The Labute approximate surface area is 392 Å². The second-order valence-electron chi connectivity index (χ2n) is 13.1. The summed E-state index contributed by atoms with van der Waals surface area (Å²) >= 11 is 16.0. The van der Waals surface area contributed by atoms with Crippen LogP contribution >= 0.6 is 70.2 Å². The summed E-state index contributed by atoms with van der Waals surface area (Å²) in [7, 11) is 0. The number of carboxylic acids is 4. The SMILES string of the molecule is NC(CCC(=O)NC(CSC(CC(=O)CC(SCC(NC(=O)CCC(N)C(=O)O)C(=O)NCC(=O)O)c1cnc(SCCl)cn1)c1cnc(SCCl)cn1)C(=O)NCC(=O)O)C(=O)O. The molecule has 2 rings (SSSR count). The van der Waals surface area contributed by atoms with Crippen LogP contribution in [0.25, 0.3) is 0 Å². The minimum atomic E-state index is -1.38. The number of alkyl halides is 2. The van der Waals surface area contributed by atoms with Gasteiger partial charge in [-0.1, -0.05) is 23.5 Å². The molecule has 29 heteroatoms. The van der Waals surface area contributed by atoms with Gasteiger partial charge in [0.15, 0.2) is 0 Å². The first-order chi connectivity index (χ1) is 30.3. The number of rotatable bonds is 32. The van der Waals surface area contributed by atoms with E-state index < -0.39 is 101 Å². The van der Waals surface area contributed by atoms with Gasteiger partial charge in [-0.15, -0.1) is 46.7 Å². The molecule has 64 heavy (non-hydrogen) atoms. The number of aliphatic carboxylic acids is 4. The average molecular weight is 1010 g/mol. The zero-order valence-corrected chi connectivity index (χ0v) is 38.3. The number of nitrogens with one attached hydrogen (secondary N) is 4. The average Bonchev–Trinajstić information content (AvgIpc) is 3.25. The van der Waals surface area contributed by atoms with E-state index in [1.54, 1.807) is 0 Å². The Morgan fingerprint density at radius 2 is 0.969 bits per heavy atom. The Hall–Kier alpha value is -4.51. The van der Waals surface area contributed by atoms with Crippen LogP contribution < -0.4 is 32.7 Å². The summed E-state index contributed by atoms with van der Waals surface area (Å²) in [4.78, 5) is 128. The normalized spacial score (nSPS) is 13.8. The van der Waals surface area contributed by atoms with Crippen molar-refractivity contribution in [3.8, 4) is 0 Å². The lowest BCUT2D eigenvalue weighted by Crippen LogP contribution is -2.49. The standard InChI is InChI=1S/C35H46Cl2N10O13S4/c36-15-63-28-9-40-20(7-42-28)24(61-13-22(32(55)44-11-30(51)52)46-26(49)3-1-18(38)34(57)58)5-17(48)6-25(21-8-43-29(10-41-21)64-16-37)62-14-23(33(56)45-12-31(53)54)47-27(50)4-2-19(39)35(59)60/h7-10,18-19,22-25H,1-6,11-16,38-39H2,(H,44,55)(H,45,56)(H,46,49)(H,47,50)(H,51,52)(H,53,54)(H,57,58)(H,59,60). The molecule has 0 aliphatic heterocycles. The van der Waals surface area contributed by atoms with Gasteiger partial charge in [0.05, 0.1) is 57.1 Å². The third kappa shape index (κ3) is 21.9. The predicted molar refractivity (Wildman–Crippen MR) is 237 cm³/mol. The maximum absolute atomic E-state index is 14.1. The summed E-state index contributed by atoms with van der Waals surface area (Å²) in [6.07, 6.45) is 3.76. The van der Waals surface area contributed by atoms with E-state index in [0.29, 0.717) is 10.1 Å². The van der Waals surface area contributed by atoms with Crippen molar-refractivity contribution in [3.63, 3.8) is 0 Å². The van der Waals surface area contributed by atoms with Crippen molar-refractivity contribution in [3.05, 3.63) is 36.2 Å². The summed E-state index contributed by atoms with van der Waals surface area (Å²) in [5, 5.41) is 45.3. The number of ketones is 1. The Morgan fingerprint density at radius 1 is 0.594 bits per heavy atom. The molecule has 2 aromatic heterocycles. The highest BCUT2D eigenvalue weighted by Gasteiger charge is 2.30. The monoisotopic (exact) mass is 1010 g/mol. The highest BCUT2D eigenvalue weighted by Crippen LogP contribution is 2.37. The van der Waals surface area contributed by atoms with Gasteiger partial charge in [-0.2, -0.15) is 0 Å². The number of carbonyl (C=O) groups is 9. The van der Waals surface area contributed by atoms with Crippen LogP contribution in [-0.4, -0.2) is 153 Å². The van der Waals surface area contributed by atoms with E-state index in [1.807, 2.05) is 0 Å². The zero-order chi connectivity index (χ0) is 47.8. The van der Waals surface area contributed by atoms with Crippen LogP contribution in [-0.2, 0) is 43.2 Å². The van der Waals surface area contributed by atoms with Crippen molar-refractivity contribution >= 4 is 124 Å². The fraction of sp³-hybridized carbons (Fsp3) is 0.514. The van der Waals surface area contributed by atoms with E-state index >= 15 is 0 Å². The topological polar surface area (TPSA) is 386 Å². The second kappa shape index (κ2) is 29.8. The van der Waals surface area contributed by atoms with Crippen LogP contribution in [0.15, 0.2) is 34.8 Å². The number of carbonyl (C=O) groups excluding carboxylic acids is 5. The molecule has 0 bridgehead atoms. The zero-order valence-electron chi connectivity index (χ0n) is 33.6. The minimum Gasteiger partial charge on any atom is -0.480 e. The van der Waals surface area contributed by atoms with Gasteiger partial charge in [-0.25, -0.2) is 9.97 Å². The maximum atomic E-state index is 14.1. The lowest BCUT2D eigenvalue weighted by molar-refractivity contribution is -0.140. The van der Waals surface area contributed by atoms with Crippen LogP contribution in [0.3, 0.4) is 0 Å². The summed E-state index contributed by atoms with van der Waals surface area (Å²) in [5.41, 5.74) is 11.6. The third-order valence-electron chi connectivity index (χ3n) is 8.25. The number of carboxylic acid groups (broad SMARTS) is 4. The van der Waals surface area contributed by atoms with E-state index in [4.69, 9.17) is 55.1 Å². The van der Waals surface area contributed by atoms with Crippen LogP contribution in [0, 0.1) is 0 Å². The molecule has 4 amide bonds. The molecule has 0 aromatic carbocycles. The lowest BCUT2D eigenvalue weighted by Gasteiger charge is -2.23. The Morgan fingerprint density at radius 3 is 1.27 bits per heavy atom. The number of Topliss-reactive ketones (excluding diaryl/α,β-unsaturated/α-hetero) is 1. The molecular formula is C35H46Cl2N10O13S4. The van der Waals surface area contributed by atoms with Gasteiger partial charge in [0.1, 0.15) is 53.1 Å². The number of hydrogen-bond acceptors (Lipinski definition) is 19. The summed E-state index contributed by atoms with van der Waals surface area (Å²) < 4.78 is 0. The highest BCUT2D eigenvalue weighted by molar-refractivity contribution is 8.00. The second-order valence-corrected chi connectivity index (χ2v) is 18.7. The lowest BCUT2D eigenvalue weighted by atomic mass is 10.1. The number of amides is 4. The van der Waals surface area contributed by atoms with E-state index in [2.05, 4.69) is 41.2 Å². The van der Waals surface area contributed by atoms with Crippen molar-refractivity contribution in [2.45, 2.75) is 83.2 Å². The maximum Gasteiger partial charge on any atom is 0.322 e. The van der Waals surface area contributed by atoms with Gasteiger partial charge < -0.3 is 53.2 Å². The van der Waals surface area contributed by atoms with E-state index in [1.165, 1.54) is 48.3 Å². The van der Waals surface area contributed by atoms with Gasteiger partial charge in [0.2, 0.25) is 23.6 Å². The highest BCUT2D eigenvalue weighted by atomic mass is 35.5. The van der Waals surface area contributed by atoms with Gasteiger partial charge in [0.25, 0.3) is 0 Å². The number of thioether (sulfide) groups is 4. The number of aromatic nitrogens is 4. The molecule has 6 unspecified atom stereocenters. The number of halogens is 2. The van der Waals surface area contributed by atoms with Crippen molar-refractivity contribution in [1.29, 1.82) is 0 Å². The van der Waals surface area contributed by atoms with Crippen LogP contribution in [0.4, 0.5) is 0 Å². The van der Waals surface area contributed by atoms with Crippen LogP contribution in [0.1, 0.15) is 60.4 Å². The largest absolute Gasteiger partial charge is 0.480 e. The quantitative estimate of drug-likeness (QED) is 0.0345. The molecule has 0 spiro atoms. The number of nitrogens with two attached hydrogens (primary N) is 2. The first-order valence-electron chi connectivity index (χ1n) is 18.6. The molecule has 2 heterocycles. The van der Waals surface area contributed by atoms with Gasteiger partial charge >= 0.3 is 23.9 Å². The molecule has 6 atom stereocenters. The fourth-order valence-electron chi connectivity index (χ4n) is 4.96. The van der Waals surface area contributed by atoms with E-state index in [0.717, 1.165) is 23.5 Å². The molecule has 0 aliphatic carbocycles.